The topological polar surface area (TPSA) is 123 Å². The highest BCUT2D eigenvalue weighted by Gasteiger charge is 2.30. The molecule has 5 N–H and O–H groups in total. The highest BCUT2D eigenvalue weighted by molar-refractivity contribution is 6.06. The third-order valence-corrected chi connectivity index (χ3v) is 6.29. The van der Waals surface area contributed by atoms with Crippen LogP contribution in [0.25, 0.3) is 10.8 Å². The van der Waals surface area contributed by atoms with Gasteiger partial charge in [0.25, 0.3) is 5.91 Å². The zero-order chi connectivity index (χ0) is 25.8. The largest absolute Gasteiger partial charge is 0.372 e. The van der Waals surface area contributed by atoms with Gasteiger partial charge in [0.1, 0.15) is 6.04 Å². The molecule has 0 saturated heterocycles. The fourth-order valence-corrected chi connectivity index (χ4v) is 4.29. The van der Waals surface area contributed by atoms with Crippen LogP contribution in [0.3, 0.4) is 0 Å². The lowest BCUT2D eigenvalue weighted by atomic mass is 9.95. The van der Waals surface area contributed by atoms with E-state index in [0.29, 0.717) is 22.5 Å². The van der Waals surface area contributed by atoms with E-state index in [1.165, 1.54) is 0 Å². The van der Waals surface area contributed by atoms with E-state index in [0.717, 1.165) is 16.3 Å². The lowest BCUT2D eigenvalue weighted by molar-refractivity contribution is -0.117. The summed E-state index contributed by atoms with van der Waals surface area (Å²) in [5.41, 5.74) is 11.5. The number of rotatable bonds is 8. The van der Waals surface area contributed by atoms with Gasteiger partial charge in [-0.2, -0.15) is 0 Å². The summed E-state index contributed by atoms with van der Waals surface area (Å²) in [6.07, 6.45) is 0.0908. The molecule has 4 aromatic rings. The fraction of sp³-hybridized carbons (Fsp3) is 0.138. The minimum atomic E-state index is -0.885. The highest BCUT2D eigenvalue weighted by Crippen LogP contribution is 2.29. The van der Waals surface area contributed by atoms with Crippen LogP contribution in [-0.4, -0.2) is 29.7 Å². The maximum atomic E-state index is 13.0. The Labute approximate surface area is 213 Å². The van der Waals surface area contributed by atoms with E-state index >= 15 is 0 Å². The van der Waals surface area contributed by atoms with Crippen LogP contribution >= 0.6 is 0 Å². The second-order valence-corrected chi connectivity index (χ2v) is 8.92. The van der Waals surface area contributed by atoms with Crippen molar-refractivity contribution in [2.24, 2.45) is 5.73 Å². The van der Waals surface area contributed by atoms with Crippen molar-refractivity contribution in [3.05, 3.63) is 108 Å². The zero-order valence-corrected chi connectivity index (χ0v) is 19.9. The number of anilines is 2. The normalized spacial score (nSPS) is 15.3. The Morgan fingerprint density at radius 1 is 0.865 bits per heavy atom. The SMILES string of the molecule is NC(CC1Nc2cc(C(=O)NOCc3ccccc3)ccc2NC1=O)C(=O)c1ccc2ccccc2c1. The van der Waals surface area contributed by atoms with Gasteiger partial charge in [-0.25, -0.2) is 5.48 Å². The molecule has 186 valence electrons. The number of hydrogen-bond acceptors (Lipinski definition) is 6. The number of hydroxylamine groups is 1. The van der Waals surface area contributed by atoms with Gasteiger partial charge in [-0.1, -0.05) is 66.7 Å². The number of benzene rings is 4. The van der Waals surface area contributed by atoms with Crippen molar-refractivity contribution in [2.75, 3.05) is 10.6 Å². The van der Waals surface area contributed by atoms with E-state index < -0.39 is 18.0 Å². The van der Waals surface area contributed by atoms with Crippen LogP contribution in [0, 0.1) is 0 Å². The first-order valence-corrected chi connectivity index (χ1v) is 11.9. The monoisotopic (exact) mass is 494 g/mol. The maximum Gasteiger partial charge on any atom is 0.274 e. The Bertz CT molecular complexity index is 1470. The number of nitrogens with two attached hydrogens (primary N) is 1. The van der Waals surface area contributed by atoms with Crippen LogP contribution in [0.1, 0.15) is 32.7 Å². The van der Waals surface area contributed by atoms with Crippen molar-refractivity contribution >= 4 is 39.7 Å². The molecule has 0 bridgehead atoms. The molecule has 1 aliphatic heterocycles. The summed E-state index contributed by atoms with van der Waals surface area (Å²) in [6, 6.07) is 25.9. The van der Waals surface area contributed by atoms with Gasteiger partial charge in [0.2, 0.25) is 5.91 Å². The minimum absolute atomic E-state index is 0.0908. The molecule has 2 atom stereocenters. The molecule has 8 heteroatoms. The van der Waals surface area contributed by atoms with E-state index in [2.05, 4.69) is 16.1 Å². The van der Waals surface area contributed by atoms with Gasteiger partial charge in [-0.3, -0.25) is 19.2 Å². The third-order valence-electron chi connectivity index (χ3n) is 6.29. The van der Waals surface area contributed by atoms with Gasteiger partial charge >= 0.3 is 0 Å². The molecule has 5 rings (SSSR count). The summed E-state index contributed by atoms with van der Waals surface area (Å²) >= 11 is 0. The van der Waals surface area contributed by atoms with E-state index in [1.807, 2.05) is 66.7 Å². The smallest absolute Gasteiger partial charge is 0.274 e. The number of carbonyl (C=O) groups excluding carboxylic acids is 3. The Morgan fingerprint density at radius 2 is 1.59 bits per heavy atom. The summed E-state index contributed by atoms with van der Waals surface area (Å²) in [4.78, 5) is 43.6. The second kappa shape index (κ2) is 10.6. The molecule has 0 saturated carbocycles. The lowest BCUT2D eigenvalue weighted by Gasteiger charge is -2.28. The molecule has 8 nitrogen and oxygen atoms in total. The number of fused-ring (bicyclic) bond motifs is 2. The van der Waals surface area contributed by atoms with Crippen molar-refractivity contribution in [2.45, 2.75) is 25.1 Å². The standard InChI is InChI=1S/C29H26N4O4/c30-23(27(34)21-11-10-19-8-4-5-9-20(19)14-21)16-26-29(36)32-24-13-12-22(15-25(24)31-26)28(35)33-37-17-18-6-2-1-3-7-18/h1-15,23,26,31H,16-17,30H2,(H,32,36)(H,33,35). The summed E-state index contributed by atoms with van der Waals surface area (Å²) in [6.45, 7) is 0.233. The summed E-state index contributed by atoms with van der Waals surface area (Å²) < 4.78 is 0. The molecule has 2 amide bonds. The van der Waals surface area contributed by atoms with Gasteiger partial charge in [-0.05, 0) is 47.0 Å². The van der Waals surface area contributed by atoms with Crippen LogP contribution in [-0.2, 0) is 16.2 Å². The van der Waals surface area contributed by atoms with Gasteiger partial charge in [0.05, 0.1) is 24.0 Å². The number of nitrogens with one attached hydrogen (secondary N) is 3. The van der Waals surface area contributed by atoms with E-state index in [4.69, 9.17) is 10.6 Å². The highest BCUT2D eigenvalue weighted by atomic mass is 16.6. The predicted molar refractivity (Wildman–Crippen MR) is 142 cm³/mol. The number of hydrogen-bond donors (Lipinski definition) is 4. The average molecular weight is 495 g/mol. The minimum Gasteiger partial charge on any atom is -0.372 e. The van der Waals surface area contributed by atoms with Crippen molar-refractivity contribution in [3.63, 3.8) is 0 Å². The molecular weight excluding hydrogens is 468 g/mol. The van der Waals surface area contributed by atoms with Crippen LogP contribution in [0.5, 0.6) is 0 Å². The predicted octanol–water partition coefficient (Wildman–Crippen LogP) is 4.03. The number of ketones is 1. The number of amides is 2. The summed E-state index contributed by atoms with van der Waals surface area (Å²) in [5.74, 6) is -0.954. The third kappa shape index (κ3) is 5.50. The van der Waals surface area contributed by atoms with Crippen molar-refractivity contribution in [3.8, 4) is 0 Å². The summed E-state index contributed by atoms with van der Waals surface area (Å²) in [5, 5.41) is 7.92. The van der Waals surface area contributed by atoms with Crippen LogP contribution < -0.4 is 21.8 Å². The second-order valence-electron chi connectivity index (χ2n) is 8.92. The molecule has 0 fully saturated rings. The fourth-order valence-electron chi connectivity index (χ4n) is 4.29. The first-order valence-electron chi connectivity index (χ1n) is 11.9. The molecule has 2 unspecified atom stereocenters. The van der Waals surface area contributed by atoms with Gasteiger partial charge in [0, 0.05) is 11.1 Å². The number of carbonyl (C=O) groups is 3. The first-order chi connectivity index (χ1) is 18.0. The molecule has 1 aliphatic rings. The molecule has 4 aromatic carbocycles. The van der Waals surface area contributed by atoms with Crippen LogP contribution in [0.4, 0.5) is 11.4 Å². The van der Waals surface area contributed by atoms with E-state index in [1.54, 1.807) is 24.3 Å². The Kier molecular flexibility index (Phi) is 6.93. The molecule has 0 aliphatic carbocycles. The van der Waals surface area contributed by atoms with Crippen LogP contribution in [0.15, 0.2) is 91.0 Å². The Hall–Kier alpha value is -4.53. The van der Waals surface area contributed by atoms with Crippen molar-refractivity contribution in [1.82, 2.24) is 5.48 Å². The Morgan fingerprint density at radius 3 is 2.41 bits per heavy atom. The molecule has 0 aromatic heterocycles. The van der Waals surface area contributed by atoms with Gasteiger partial charge in [-0.15, -0.1) is 0 Å². The summed E-state index contributed by atoms with van der Waals surface area (Å²) in [7, 11) is 0. The van der Waals surface area contributed by atoms with Crippen molar-refractivity contribution in [1.29, 1.82) is 0 Å². The maximum absolute atomic E-state index is 13.0. The van der Waals surface area contributed by atoms with E-state index in [9.17, 15) is 14.4 Å². The number of Topliss-reactive ketones (excluding diaryl/α,β-unsaturated/α-hetero) is 1. The average Bonchev–Trinajstić information content (AvgIpc) is 2.93. The van der Waals surface area contributed by atoms with Gasteiger partial charge in [0.15, 0.2) is 5.78 Å². The lowest BCUT2D eigenvalue weighted by Crippen LogP contribution is -2.45. The molecule has 0 spiro atoms. The molecular formula is C29H26N4O4. The van der Waals surface area contributed by atoms with Gasteiger partial charge < -0.3 is 16.4 Å². The molecule has 1 heterocycles. The molecule has 37 heavy (non-hydrogen) atoms. The molecule has 0 radical (unpaired) electrons. The Balaban J connectivity index is 1.23. The van der Waals surface area contributed by atoms with Crippen LogP contribution in [0.2, 0.25) is 0 Å². The van der Waals surface area contributed by atoms with Crippen molar-refractivity contribution < 1.29 is 19.2 Å². The quantitative estimate of drug-likeness (QED) is 0.217. The first kappa shape index (κ1) is 24.2. The zero-order valence-electron chi connectivity index (χ0n) is 19.9. The van der Waals surface area contributed by atoms with E-state index in [-0.39, 0.29) is 24.7 Å².